The number of nitrogens with one attached hydrogen (secondary N) is 1. The summed E-state index contributed by atoms with van der Waals surface area (Å²) in [7, 11) is 1.40. The first kappa shape index (κ1) is 20.2. The van der Waals surface area contributed by atoms with Crippen LogP contribution in [0.5, 0.6) is 0 Å². The Morgan fingerprint density at radius 2 is 1.92 bits per heavy atom. The lowest BCUT2D eigenvalue weighted by Gasteiger charge is -2.20. The molecule has 0 spiro atoms. The molecule has 8 heteroatoms. The number of halogens is 1. The molecule has 7 nitrogen and oxygen atoms in total. The minimum absolute atomic E-state index is 0.126. The molecule has 0 fully saturated rings. The number of hydrogen-bond donors (Lipinski definition) is 2. The van der Waals surface area contributed by atoms with Crippen LogP contribution in [0, 0.1) is 12.3 Å². The van der Waals surface area contributed by atoms with Gasteiger partial charge in [0.25, 0.3) is 5.56 Å². The molecule has 0 aliphatic heterocycles. The zero-order valence-electron chi connectivity index (χ0n) is 14.5. The van der Waals surface area contributed by atoms with E-state index in [1.165, 1.54) is 14.0 Å². The number of pyridine rings is 1. The molecule has 0 radical (unpaired) electrons. The quantitative estimate of drug-likeness (QED) is 0.352. The van der Waals surface area contributed by atoms with Gasteiger partial charge >= 0.3 is 5.97 Å². The van der Waals surface area contributed by atoms with Crippen LogP contribution in [-0.4, -0.2) is 40.4 Å². The summed E-state index contributed by atoms with van der Waals surface area (Å²) in [5.74, 6) is -1.40. The van der Waals surface area contributed by atoms with E-state index in [9.17, 15) is 14.7 Å². The van der Waals surface area contributed by atoms with E-state index >= 15 is 0 Å². The average Bonchev–Trinajstić information content (AvgIpc) is 2.45. The van der Waals surface area contributed by atoms with Crippen molar-refractivity contribution in [3.8, 4) is 0 Å². The summed E-state index contributed by atoms with van der Waals surface area (Å²) in [4.78, 5) is 23.6. The Kier molecular flexibility index (Phi) is 6.57. The molecule has 2 N–H and O–H groups in total. The van der Waals surface area contributed by atoms with Crippen molar-refractivity contribution in [3.05, 3.63) is 32.2 Å². The van der Waals surface area contributed by atoms with Crippen molar-refractivity contribution in [1.82, 2.24) is 4.57 Å². The van der Waals surface area contributed by atoms with Crippen LogP contribution in [0.3, 0.4) is 0 Å². The molecule has 1 heterocycles. The van der Waals surface area contributed by atoms with Gasteiger partial charge in [0, 0.05) is 19.0 Å². The molecule has 1 rings (SSSR count). The zero-order chi connectivity index (χ0) is 18.7. The Morgan fingerprint density at radius 1 is 1.33 bits per heavy atom. The molecule has 0 saturated heterocycles. The van der Waals surface area contributed by atoms with Gasteiger partial charge in [-0.15, -0.1) is 0 Å². The van der Waals surface area contributed by atoms with Gasteiger partial charge in [0.05, 0.1) is 17.8 Å². The molecule has 1 aromatic heterocycles. The van der Waals surface area contributed by atoms with Gasteiger partial charge in [-0.05, 0) is 33.3 Å². The van der Waals surface area contributed by atoms with Crippen molar-refractivity contribution in [2.75, 3.05) is 13.2 Å². The van der Waals surface area contributed by atoms with E-state index in [0.717, 1.165) is 4.57 Å². The van der Waals surface area contributed by atoms with Gasteiger partial charge in [0.1, 0.15) is 11.8 Å². The first-order valence-electron chi connectivity index (χ1n) is 7.41. The molecule has 0 unspecified atom stereocenters. The maximum atomic E-state index is 12.1. The summed E-state index contributed by atoms with van der Waals surface area (Å²) >= 11 is 5.98. The molecule has 0 aliphatic carbocycles. The summed E-state index contributed by atoms with van der Waals surface area (Å²) in [5.41, 5.74) is -0.465. The molecule has 0 amide bonds. The zero-order valence-corrected chi connectivity index (χ0v) is 15.3. The van der Waals surface area contributed by atoms with E-state index < -0.39 is 11.5 Å². The highest BCUT2D eigenvalue weighted by atomic mass is 35.5. The largest absolute Gasteiger partial charge is 0.478 e. The second kappa shape index (κ2) is 7.81. The SMILES string of the molecule is Cc1c(CC(=N)OCCOC(C)(C)C)c(C(=O)O)c(Cl)n(C)c1=O. The number of carboxylic acids is 1. The van der Waals surface area contributed by atoms with Crippen LogP contribution in [0.15, 0.2) is 4.79 Å². The summed E-state index contributed by atoms with van der Waals surface area (Å²) in [6.45, 7) is 7.69. The van der Waals surface area contributed by atoms with Gasteiger partial charge in [-0.1, -0.05) is 11.6 Å². The fourth-order valence-electron chi connectivity index (χ4n) is 2.11. The Hall–Kier alpha value is -1.86. The first-order valence-corrected chi connectivity index (χ1v) is 7.79. The van der Waals surface area contributed by atoms with Crippen molar-refractivity contribution in [3.63, 3.8) is 0 Å². The molecule has 0 aliphatic rings. The molecule has 0 bridgehead atoms. The number of ether oxygens (including phenoxy) is 2. The third kappa shape index (κ3) is 5.07. The normalized spacial score (nSPS) is 11.4. The maximum Gasteiger partial charge on any atom is 0.339 e. The van der Waals surface area contributed by atoms with Gasteiger partial charge in [0.15, 0.2) is 5.90 Å². The van der Waals surface area contributed by atoms with Gasteiger partial charge in [-0.2, -0.15) is 0 Å². The molecule has 1 aromatic rings. The molecular weight excluding hydrogens is 336 g/mol. The van der Waals surface area contributed by atoms with Gasteiger partial charge in [-0.3, -0.25) is 10.2 Å². The monoisotopic (exact) mass is 358 g/mol. The highest BCUT2D eigenvalue weighted by Gasteiger charge is 2.23. The number of aromatic nitrogens is 1. The van der Waals surface area contributed by atoms with E-state index in [1.54, 1.807) is 0 Å². The Morgan fingerprint density at radius 3 is 2.42 bits per heavy atom. The minimum atomic E-state index is -1.25. The topological polar surface area (TPSA) is 102 Å². The van der Waals surface area contributed by atoms with Crippen LogP contribution in [-0.2, 0) is 22.9 Å². The van der Waals surface area contributed by atoms with Crippen LogP contribution in [0.1, 0.15) is 42.3 Å². The minimum Gasteiger partial charge on any atom is -0.478 e. The second-order valence-corrected chi connectivity index (χ2v) is 6.71. The van der Waals surface area contributed by atoms with Crippen molar-refractivity contribution >= 4 is 23.5 Å². The van der Waals surface area contributed by atoms with Crippen LogP contribution in [0.4, 0.5) is 0 Å². The predicted molar refractivity (Wildman–Crippen MR) is 91.5 cm³/mol. The average molecular weight is 359 g/mol. The van der Waals surface area contributed by atoms with E-state index in [4.69, 9.17) is 26.5 Å². The molecule has 0 atom stereocenters. The van der Waals surface area contributed by atoms with Crippen LogP contribution >= 0.6 is 11.6 Å². The van der Waals surface area contributed by atoms with Crippen LogP contribution < -0.4 is 5.56 Å². The fourth-order valence-corrected chi connectivity index (χ4v) is 2.38. The number of carbonyl (C=O) groups is 1. The number of nitrogens with zero attached hydrogens (tertiary/aromatic N) is 1. The van der Waals surface area contributed by atoms with Crippen LogP contribution in [0.2, 0.25) is 5.15 Å². The number of rotatable bonds is 6. The molecule has 134 valence electrons. The van der Waals surface area contributed by atoms with Gasteiger partial charge in [-0.25, -0.2) is 4.79 Å². The third-order valence-electron chi connectivity index (χ3n) is 3.33. The summed E-state index contributed by atoms with van der Waals surface area (Å²) in [6.07, 6.45) is -0.126. The van der Waals surface area contributed by atoms with Crippen molar-refractivity contribution in [2.45, 2.75) is 39.7 Å². The predicted octanol–water partition coefficient (Wildman–Crippen LogP) is 2.40. The lowest BCUT2D eigenvalue weighted by molar-refractivity contribution is -0.0183. The number of aromatic carboxylic acids is 1. The van der Waals surface area contributed by atoms with Gasteiger partial charge < -0.3 is 19.1 Å². The summed E-state index contributed by atoms with van der Waals surface area (Å²) < 4.78 is 11.8. The van der Waals surface area contributed by atoms with E-state index in [2.05, 4.69) is 0 Å². The smallest absolute Gasteiger partial charge is 0.339 e. The lowest BCUT2D eigenvalue weighted by atomic mass is 10.0. The molecular formula is C16H23ClN2O5. The second-order valence-electron chi connectivity index (χ2n) is 6.35. The first-order chi connectivity index (χ1) is 11.0. The summed E-state index contributed by atoms with van der Waals surface area (Å²) in [6, 6.07) is 0. The van der Waals surface area contributed by atoms with Crippen molar-refractivity contribution < 1.29 is 19.4 Å². The Bertz CT molecular complexity index is 704. The summed E-state index contributed by atoms with van der Waals surface area (Å²) in [5, 5.41) is 17.1. The fraction of sp³-hybridized carbons (Fsp3) is 0.562. The lowest BCUT2D eigenvalue weighted by Crippen LogP contribution is -2.27. The number of hydrogen-bond acceptors (Lipinski definition) is 5. The van der Waals surface area contributed by atoms with E-state index in [0.29, 0.717) is 6.61 Å². The van der Waals surface area contributed by atoms with E-state index in [1.807, 2.05) is 20.8 Å². The third-order valence-corrected chi connectivity index (χ3v) is 3.77. The molecule has 24 heavy (non-hydrogen) atoms. The maximum absolute atomic E-state index is 12.1. The van der Waals surface area contributed by atoms with Gasteiger partial charge in [0.2, 0.25) is 0 Å². The number of carboxylic acid groups (broad SMARTS) is 1. The molecule has 0 aromatic carbocycles. The Balaban J connectivity index is 2.93. The van der Waals surface area contributed by atoms with Crippen LogP contribution in [0.25, 0.3) is 0 Å². The highest BCUT2D eigenvalue weighted by molar-refractivity contribution is 6.32. The van der Waals surface area contributed by atoms with Crippen molar-refractivity contribution in [2.24, 2.45) is 7.05 Å². The van der Waals surface area contributed by atoms with E-state index in [-0.39, 0.29) is 46.4 Å². The highest BCUT2D eigenvalue weighted by Crippen LogP contribution is 2.21. The van der Waals surface area contributed by atoms with Crippen molar-refractivity contribution in [1.29, 1.82) is 5.41 Å². The standard InChI is InChI=1S/C16H23ClN2O5/c1-9-10(8-11(18)23-6-7-24-16(2,3)4)12(15(21)22)13(17)19(5)14(9)20/h18H,6-8H2,1-5H3,(H,21,22). The molecule has 0 saturated carbocycles. The Labute approximate surface area is 145 Å².